The van der Waals surface area contributed by atoms with Crippen LogP contribution in [-0.4, -0.2) is 35.2 Å². The number of amides is 1. The van der Waals surface area contributed by atoms with Crippen LogP contribution in [0.1, 0.15) is 60.2 Å². The highest BCUT2D eigenvalue weighted by molar-refractivity contribution is 5.96. The standard InChI is InChI=1S/C19H24N2O3/c1-12(2)18-17(14(4)20-24-18)19(22)21-10-13(3)23-16(11-21)15-8-6-5-7-9-15/h5-9,12-13,16H,10-11H2,1-4H3. The second-order valence-corrected chi connectivity index (χ2v) is 6.72. The third-order valence-corrected chi connectivity index (χ3v) is 4.35. The van der Waals surface area contributed by atoms with Crippen molar-refractivity contribution < 1.29 is 14.1 Å². The highest BCUT2D eigenvalue weighted by atomic mass is 16.5. The number of aryl methyl sites for hydroxylation is 1. The maximum atomic E-state index is 13.1. The Morgan fingerprint density at radius 3 is 2.62 bits per heavy atom. The van der Waals surface area contributed by atoms with E-state index < -0.39 is 0 Å². The molecule has 1 amide bonds. The minimum Gasteiger partial charge on any atom is -0.367 e. The first-order chi connectivity index (χ1) is 11.5. The van der Waals surface area contributed by atoms with Crippen molar-refractivity contribution in [3.63, 3.8) is 0 Å². The number of rotatable bonds is 3. The summed E-state index contributed by atoms with van der Waals surface area (Å²) < 4.78 is 11.4. The van der Waals surface area contributed by atoms with Crippen LogP contribution in [0.2, 0.25) is 0 Å². The monoisotopic (exact) mass is 328 g/mol. The molecule has 5 heteroatoms. The van der Waals surface area contributed by atoms with Crippen LogP contribution in [0.5, 0.6) is 0 Å². The SMILES string of the molecule is Cc1noc(C(C)C)c1C(=O)N1CC(C)OC(c2ccccc2)C1. The van der Waals surface area contributed by atoms with E-state index in [1.807, 2.05) is 62.9 Å². The molecular weight excluding hydrogens is 304 g/mol. The highest BCUT2D eigenvalue weighted by Crippen LogP contribution is 2.29. The molecule has 2 unspecified atom stereocenters. The first-order valence-electron chi connectivity index (χ1n) is 8.43. The largest absolute Gasteiger partial charge is 0.367 e. The fraction of sp³-hybridized carbons (Fsp3) is 0.474. The van der Waals surface area contributed by atoms with Gasteiger partial charge in [-0.3, -0.25) is 4.79 Å². The van der Waals surface area contributed by atoms with Crippen LogP contribution in [0.15, 0.2) is 34.9 Å². The Hall–Kier alpha value is -2.14. The molecule has 1 saturated heterocycles. The molecular formula is C19H24N2O3. The summed E-state index contributed by atoms with van der Waals surface area (Å²) in [6, 6.07) is 10.0. The van der Waals surface area contributed by atoms with E-state index in [0.29, 0.717) is 30.1 Å². The van der Waals surface area contributed by atoms with Crippen molar-refractivity contribution in [1.82, 2.24) is 10.1 Å². The summed E-state index contributed by atoms with van der Waals surface area (Å²) in [7, 11) is 0. The lowest BCUT2D eigenvalue weighted by Gasteiger charge is -2.37. The van der Waals surface area contributed by atoms with E-state index in [4.69, 9.17) is 9.26 Å². The van der Waals surface area contributed by atoms with Gasteiger partial charge in [-0.15, -0.1) is 0 Å². The minimum atomic E-state index is -0.110. The van der Waals surface area contributed by atoms with Crippen molar-refractivity contribution in [1.29, 1.82) is 0 Å². The summed E-state index contributed by atoms with van der Waals surface area (Å²) in [5.74, 6) is 0.759. The van der Waals surface area contributed by atoms with Crippen LogP contribution < -0.4 is 0 Å². The van der Waals surface area contributed by atoms with Gasteiger partial charge in [-0.05, 0) is 19.4 Å². The van der Waals surface area contributed by atoms with Gasteiger partial charge in [0, 0.05) is 12.5 Å². The number of benzene rings is 1. The molecule has 0 aliphatic carbocycles. The van der Waals surface area contributed by atoms with E-state index in [-0.39, 0.29) is 24.0 Å². The summed E-state index contributed by atoms with van der Waals surface area (Å²) in [5.41, 5.74) is 2.35. The number of morpholine rings is 1. The molecule has 0 radical (unpaired) electrons. The molecule has 2 aromatic rings. The Morgan fingerprint density at radius 1 is 1.25 bits per heavy atom. The Labute approximate surface area is 142 Å². The Kier molecular flexibility index (Phi) is 4.71. The van der Waals surface area contributed by atoms with E-state index in [2.05, 4.69) is 5.16 Å². The summed E-state index contributed by atoms with van der Waals surface area (Å²) in [6.45, 7) is 8.94. The lowest BCUT2D eigenvalue weighted by molar-refractivity contribution is -0.0692. The van der Waals surface area contributed by atoms with Crippen LogP contribution >= 0.6 is 0 Å². The molecule has 0 spiro atoms. The zero-order valence-electron chi connectivity index (χ0n) is 14.7. The van der Waals surface area contributed by atoms with Gasteiger partial charge in [-0.25, -0.2) is 0 Å². The number of hydrogen-bond donors (Lipinski definition) is 0. The van der Waals surface area contributed by atoms with Crippen LogP contribution in [0.25, 0.3) is 0 Å². The van der Waals surface area contributed by atoms with Gasteiger partial charge in [0.1, 0.15) is 11.7 Å². The Morgan fingerprint density at radius 2 is 1.96 bits per heavy atom. The number of nitrogens with zero attached hydrogens (tertiary/aromatic N) is 2. The van der Waals surface area contributed by atoms with Gasteiger partial charge in [-0.1, -0.05) is 49.3 Å². The normalized spacial score (nSPS) is 21.3. The average Bonchev–Trinajstić information content (AvgIpc) is 2.96. The number of carbonyl (C=O) groups excluding carboxylic acids is 1. The molecule has 2 heterocycles. The van der Waals surface area contributed by atoms with Crippen molar-refractivity contribution in [2.45, 2.75) is 45.8 Å². The van der Waals surface area contributed by atoms with Crippen LogP contribution in [0, 0.1) is 6.92 Å². The third-order valence-electron chi connectivity index (χ3n) is 4.35. The van der Waals surface area contributed by atoms with Crippen molar-refractivity contribution >= 4 is 5.91 Å². The van der Waals surface area contributed by atoms with Crippen LogP contribution in [0.4, 0.5) is 0 Å². The van der Waals surface area contributed by atoms with Crippen LogP contribution in [0.3, 0.4) is 0 Å². The van der Waals surface area contributed by atoms with E-state index in [1.54, 1.807) is 0 Å². The van der Waals surface area contributed by atoms with Gasteiger partial charge < -0.3 is 14.2 Å². The van der Waals surface area contributed by atoms with E-state index >= 15 is 0 Å². The fourth-order valence-corrected chi connectivity index (χ4v) is 3.17. The van der Waals surface area contributed by atoms with Gasteiger partial charge >= 0.3 is 0 Å². The molecule has 128 valence electrons. The summed E-state index contributed by atoms with van der Waals surface area (Å²) >= 11 is 0. The molecule has 0 N–H and O–H groups in total. The van der Waals surface area contributed by atoms with Gasteiger partial charge in [0.2, 0.25) is 0 Å². The second-order valence-electron chi connectivity index (χ2n) is 6.72. The Bertz CT molecular complexity index is 709. The lowest BCUT2D eigenvalue weighted by atomic mass is 10.0. The van der Waals surface area contributed by atoms with Crippen molar-refractivity contribution in [2.75, 3.05) is 13.1 Å². The zero-order valence-corrected chi connectivity index (χ0v) is 14.7. The zero-order chi connectivity index (χ0) is 17.3. The maximum Gasteiger partial charge on any atom is 0.259 e. The molecule has 24 heavy (non-hydrogen) atoms. The molecule has 3 rings (SSSR count). The third kappa shape index (κ3) is 3.22. The lowest BCUT2D eigenvalue weighted by Crippen LogP contribution is -2.46. The number of carbonyl (C=O) groups is 1. The molecule has 0 saturated carbocycles. The smallest absolute Gasteiger partial charge is 0.259 e. The van der Waals surface area contributed by atoms with E-state index in [9.17, 15) is 4.79 Å². The predicted octanol–water partition coefficient (Wildman–Crippen LogP) is 3.71. The molecule has 1 aliphatic rings. The van der Waals surface area contributed by atoms with Gasteiger partial charge in [0.15, 0.2) is 5.76 Å². The van der Waals surface area contributed by atoms with E-state index in [1.165, 1.54) is 0 Å². The van der Waals surface area contributed by atoms with Crippen molar-refractivity contribution in [2.24, 2.45) is 0 Å². The molecule has 1 aliphatic heterocycles. The summed E-state index contributed by atoms with van der Waals surface area (Å²) in [6.07, 6.45) is -0.128. The summed E-state index contributed by atoms with van der Waals surface area (Å²) in [4.78, 5) is 15.0. The number of aromatic nitrogens is 1. The van der Waals surface area contributed by atoms with Gasteiger partial charge in [0.05, 0.1) is 18.3 Å². The minimum absolute atomic E-state index is 0.0180. The fourth-order valence-electron chi connectivity index (χ4n) is 3.17. The molecule has 5 nitrogen and oxygen atoms in total. The first kappa shape index (κ1) is 16.7. The van der Waals surface area contributed by atoms with Crippen LogP contribution in [-0.2, 0) is 4.74 Å². The van der Waals surface area contributed by atoms with Crippen molar-refractivity contribution in [3.05, 3.63) is 52.9 Å². The molecule has 0 bridgehead atoms. The molecule has 1 fully saturated rings. The predicted molar refractivity (Wildman–Crippen MR) is 91.0 cm³/mol. The van der Waals surface area contributed by atoms with Gasteiger partial charge in [-0.2, -0.15) is 0 Å². The molecule has 2 atom stereocenters. The average molecular weight is 328 g/mol. The highest BCUT2D eigenvalue weighted by Gasteiger charge is 2.33. The maximum absolute atomic E-state index is 13.1. The van der Waals surface area contributed by atoms with Gasteiger partial charge in [0.25, 0.3) is 5.91 Å². The van der Waals surface area contributed by atoms with E-state index in [0.717, 1.165) is 5.56 Å². The first-order valence-corrected chi connectivity index (χ1v) is 8.43. The topological polar surface area (TPSA) is 55.6 Å². The second kappa shape index (κ2) is 6.77. The quantitative estimate of drug-likeness (QED) is 0.862. The number of hydrogen-bond acceptors (Lipinski definition) is 4. The molecule has 1 aromatic carbocycles. The number of ether oxygens (including phenoxy) is 1. The Balaban J connectivity index is 1.86. The summed E-state index contributed by atoms with van der Waals surface area (Å²) in [5, 5.41) is 4.00. The molecule has 1 aromatic heterocycles. The van der Waals surface area contributed by atoms with Crippen molar-refractivity contribution in [3.8, 4) is 0 Å².